The fourth-order valence-corrected chi connectivity index (χ4v) is 4.82. The lowest BCUT2D eigenvalue weighted by Gasteiger charge is -2.32. The second-order valence-corrected chi connectivity index (χ2v) is 8.08. The van der Waals surface area contributed by atoms with E-state index in [1.807, 2.05) is 18.2 Å². The molecule has 3 aromatic rings. The summed E-state index contributed by atoms with van der Waals surface area (Å²) < 4.78 is 15.6. The number of aromatic nitrogens is 2. The summed E-state index contributed by atoms with van der Waals surface area (Å²) in [6, 6.07) is 18.0. The molecule has 4 heteroatoms. The molecule has 2 aliphatic rings. The molecule has 5 rings (SSSR count). The van der Waals surface area contributed by atoms with Gasteiger partial charge >= 0.3 is 0 Å². The van der Waals surface area contributed by atoms with Gasteiger partial charge in [0.05, 0.1) is 12.2 Å². The standard InChI is InChI=1S/C24H26FN3/c25-20-12-10-19(11-13-20)24-22-17-27(21-8-4-5-9-21)15-14-23(22)28(26-24)16-18-6-2-1-3-7-18/h1-3,6-7,10-13,21H,4-5,8-9,14-17H2. The third-order valence-corrected chi connectivity index (χ3v) is 6.30. The van der Waals surface area contributed by atoms with Crippen molar-refractivity contribution in [3.05, 3.63) is 77.2 Å². The molecule has 0 amide bonds. The van der Waals surface area contributed by atoms with Gasteiger partial charge in [-0.2, -0.15) is 5.10 Å². The lowest BCUT2D eigenvalue weighted by molar-refractivity contribution is 0.179. The predicted molar refractivity (Wildman–Crippen MR) is 110 cm³/mol. The zero-order valence-electron chi connectivity index (χ0n) is 16.1. The molecular formula is C24H26FN3. The van der Waals surface area contributed by atoms with Crippen LogP contribution in [0.4, 0.5) is 4.39 Å². The van der Waals surface area contributed by atoms with E-state index in [1.165, 1.54) is 54.6 Å². The number of hydrogen-bond acceptors (Lipinski definition) is 2. The molecule has 0 spiro atoms. The van der Waals surface area contributed by atoms with Crippen LogP contribution in [-0.2, 0) is 19.5 Å². The molecule has 0 saturated heterocycles. The van der Waals surface area contributed by atoms with Gasteiger partial charge in [-0.25, -0.2) is 4.39 Å². The first-order chi connectivity index (χ1) is 13.8. The summed E-state index contributed by atoms with van der Waals surface area (Å²) in [5.74, 6) is -0.200. The summed E-state index contributed by atoms with van der Waals surface area (Å²) >= 11 is 0. The normalized spacial score (nSPS) is 17.8. The fourth-order valence-electron chi connectivity index (χ4n) is 4.82. The molecule has 0 N–H and O–H groups in total. The van der Waals surface area contributed by atoms with Crippen LogP contribution in [0, 0.1) is 5.82 Å². The van der Waals surface area contributed by atoms with Crippen LogP contribution in [0.2, 0.25) is 0 Å². The molecule has 1 aromatic heterocycles. The molecule has 1 aliphatic heterocycles. The van der Waals surface area contributed by atoms with E-state index in [1.54, 1.807) is 0 Å². The maximum absolute atomic E-state index is 13.5. The van der Waals surface area contributed by atoms with Crippen LogP contribution in [0.5, 0.6) is 0 Å². The number of hydrogen-bond donors (Lipinski definition) is 0. The molecule has 1 aliphatic carbocycles. The molecule has 144 valence electrons. The van der Waals surface area contributed by atoms with Crippen LogP contribution in [0.25, 0.3) is 11.3 Å². The molecule has 0 unspecified atom stereocenters. The van der Waals surface area contributed by atoms with E-state index in [2.05, 4.69) is 33.8 Å². The minimum absolute atomic E-state index is 0.200. The number of rotatable bonds is 4. The summed E-state index contributed by atoms with van der Waals surface area (Å²) in [6.45, 7) is 2.86. The molecule has 28 heavy (non-hydrogen) atoms. The van der Waals surface area contributed by atoms with Crippen molar-refractivity contribution in [3.8, 4) is 11.3 Å². The van der Waals surface area contributed by atoms with Gasteiger partial charge in [-0.05, 0) is 42.7 Å². The van der Waals surface area contributed by atoms with Crippen molar-refractivity contribution in [2.24, 2.45) is 0 Å². The Morgan fingerprint density at radius 2 is 1.71 bits per heavy atom. The summed E-state index contributed by atoms with van der Waals surface area (Å²) in [4.78, 5) is 2.65. The van der Waals surface area contributed by atoms with E-state index in [0.29, 0.717) is 6.04 Å². The Morgan fingerprint density at radius 3 is 2.46 bits per heavy atom. The zero-order chi connectivity index (χ0) is 18.9. The highest BCUT2D eigenvalue weighted by Gasteiger charge is 2.30. The topological polar surface area (TPSA) is 21.1 Å². The van der Waals surface area contributed by atoms with Crippen LogP contribution >= 0.6 is 0 Å². The molecule has 1 saturated carbocycles. The second-order valence-electron chi connectivity index (χ2n) is 8.08. The summed E-state index contributed by atoms with van der Waals surface area (Å²) in [7, 11) is 0. The van der Waals surface area contributed by atoms with Gasteiger partial charge in [-0.3, -0.25) is 9.58 Å². The Bertz CT molecular complexity index is 940. The lowest BCUT2D eigenvalue weighted by atomic mass is 9.99. The van der Waals surface area contributed by atoms with Crippen LogP contribution in [0.1, 0.15) is 42.5 Å². The van der Waals surface area contributed by atoms with Crippen molar-refractivity contribution in [1.82, 2.24) is 14.7 Å². The Balaban J connectivity index is 1.53. The van der Waals surface area contributed by atoms with E-state index in [4.69, 9.17) is 5.10 Å². The van der Waals surface area contributed by atoms with Crippen LogP contribution in [-0.4, -0.2) is 27.3 Å². The van der Waals surface area contributed by atoms with Gasteiger partial charge in [0, 0.05) is 42.4 Å². The minimum atomic E-state index is -0.200. The SMILES string of the molecule is Fc1ccc(-c2nn(Cc3ccccc3)c3c2CN(C2CCCC2)CC3)cc1. The lowest BCUT2D eigenvalue weighted by Crippen LogP contribution is -2.38. The van der Waals surface area contributed by atoms with Gasteiger partial charge in [0.25, 0.3) is 0 Å². The van der Waals surface area contributed by atoms with Crippen LogP contribution < -0.4 is 0 Å². The first kappa shape index (κ1) is 17.6. The quantitative estimate of drug-likeness (QED) is 0.637. The van der Waals surface area contributed by atoms with Gasteiger partial charge in [0.2, 0.25) is 0 Å². The molecule has 3 nitrogen and oxygen atoms in total. The highest BCUT2D eigenvalue weighted by atomic mass is 19.1. The number of fused-ring (bicyclic) bond motifs is 1. The van der Waals surface area contributed by atoms with Crippen molar-refractivity contribution in [2.75, 3.05) is 6.54 Å². The average molecular weight is 375 g/mol. The molecule has 0 radical (unpaired) electrons. The molecule has 2 heterocycles. The van der Waals surface area contributed by atoms with Crippen molar-refractivity contribution in [1.29, 1.82) is 0 Å². The van der Waals surface area contributed by atoms with Gasteiger partial charge in [-0.1, -0.05) is 43.2 Å². The number of halogens is 1. The number of benzene rings is 2. The number of nitrogens with zero attached hydrogens (tertiary/aromatic N) is 3. The van der Waals surface area contributed by atoms with Gasteiger partial charge in [-0.15, -0.1) is 0 Å². The van der Waals surface area contributed by atoms with Gasteiger partial charge in [0.1, 0.15) is 5.82 Å². The maximum Gasteiger partial charge on any atom is 0.123 e. The van der Waals surface area contributed by atoms with Gasteiger partial charge < -0.3 is 0 Å². The van der Waals surface area contributed by atoms with E-state index in [0.717, 1.165) is 37.3 Å². The van der Waals surface area contributed by atoms with Crippen LogP contribution in [0.15, 0.2) is 54.6 Å². The summed E-state index contributed by atoms with van der Waals surface area (Å²) in [6.07, 6.45) is 6.38. The Morgan fingerprint density at radius 1 is 0.964 bits per heavy atom. The summed E-state index contributed by atoms with van der Waals surface area (Å²) in [5, 5.41) is 5.02. The zero-order valence-corrected chi connectivity index (χ0v) is 16.1. The molecule has 0 atom stereocenters. The molecule has 0 bridgehead atoms. The van der Waals surface area contributed by atoms with E-state index < -0.39 is 0 Å². The monoisotopic (exact) mass is 375 g/mol. The minimum Gasteiger partial charge on any atom is -0.296 e. The van der Waals surface area contributed by atoms with E-state index in [-0.39, 0.29) is 5.82 Å². The van der Waals surface area contributed by atoms with Crippen LogP contribution in [0.3, 0.4) is 0 Å². The smallest absolute Gasteiger partial charge is 0.123 e. The molecule has 2 aromatic carbocycles. The van der Waals surface area contributed by atoms with Gasteiger partial charge in [0.15, 0.2) is 0 Å². The highest BCUT2D eigenvalue weighted by molar-refractivity contribution is 5.64. The fraction of sp³-hybridized carbons (Fsp3) is 0.375. The third kappa shape index (κ3) is 3.37. The molecular weight excluding hydrogens is 349 g/mol. The highest BCUT2D eigenvalue weighted by Crippen LogP contribution is 2.34. The second kappa shape index (κ2) is 7.51. The van der Waals surface area contributed by atoms with E-state index >= 15 is 0 Å². The van der Waals surface area contributed by atoms with Crippen molar-refractivity contribution < 1.29 is 4.39 Å². The maximum atomic E-state index is 13.5. The largest absolute Gasteiger partial charge is 0.296 e. The third-order valence-electron chi connectivity index (χ3n) is 6.30. The summed E-state index contributed by atoms with van der Waals surface area (Å²) in [5.41, 5.74) is 5.97. The Labute approximate surface area is 165 Å². The van der Waals surface area contributed by atoms with Crippen molar-refractivity contribution >= 4 is 0 Å². The van der Waals surface area contributed by atoms with Crippen molar-refractivity contribution in [2.45, 2.75) is 51.2 Å². The van der Waals surface area contributed by atoms with E-state index in [9.17, 15) is 4.39 Å². The Hall–Kier alpha value is -2.46. The van der Waals surface area contributed by atoms with Crippen molar-refractivity contribution in [3.63, 3.8) is 0 Å². The molecule has 1 fully saturated rings. The predicted octanol–water partition coefficient (Wildman–Crippen LogP) is 5.04. The Kier molecular flexibility index (Phi) is 4.73. The first-order valence-corrected chi connectivity index (χ1v) is 10.4. The first-order valence-electron chi connectivity index (χ1n) is 10.4. The average Bonchev–Trinajstić information content (AvgIpc) is 3.38.